The number of para-hydroxylation sites is 1. The van der Waals surface area contributed by atoms with Crippen LogP contribution in [0.3, 0.4) is 0 Å². The van der Waals surface area contributed by atoms with E-state index in [1.54, 1.807) is 13.0 Å². The van der Waals surface area contributed by atoms with Crippen molar-refractivity contribution in [3.8, 4) is 5.75 Å². The Kier molecular flexibility index (Phi) is 7.96. The van der Waals surface area contributed by atoms with Gasteiger partial charge in [-0.2, -0.15) is 0 Å². The minimum absolute atomic E-state index is 0.0769. The summed E-state index contributed by atoms with van der Waals surface area (Å²) < 4.78 is 10.1. The van der Waals surface area contributed by atoms with E-state index in [4.69, 9.17) is 32.7 Å². The number of nitro groups is 1. The summed E-state index contributed by atoms with van der Waals surface area (Å²) in [6.45, 7) is 1.25. The third-order valence-corrected chi connectivity index (χ3v) is 5.82. The molecule has 1 saturated heterocycles. The molecular weight excluding hydrogens is 495 g/mol. The Bertz CT molecular complexity index is 1150. The molecule has 0 radical (unpaired) electrons. The zero-order valence-corrected chi connectivity index (χ0v) is 19.4. The standard InChI is InChI=1S/C21H16Cl2N2O7S/c1-2-31-18(26)11-32-19-14(22)7-12(8-15(19)23)9-17-20(27)24(21(28)33-17)10-13-5-3-4-6-16(13)25(29)30/h3-9H,2,10-11H2,1H3. The average molecular weight is 511 g/mol. The number of esters is 1. The second-order valence-electron chi connectivity index (χ2n) is 6.56. The van der Waals surface area contributed by atoms with Crippen molar-refractivity contribution in [2.75, 3.05) is 13.2 Å². The van der Waals surface area contributed by atoms with Crippen molar-refractivity contribution in [2.24, 2.45) is 0 Å². The minimum Gasteiger partial charge on any atom is -0.479 e. The van der Waals surface area contributed by atoms with Crippen LogP contribution in [0.15, 0.2) is 41.3 Å². The molecule has 9 nitrogen and oxygen atoms in total. The molecule has 0 aliphatic carbocycles. The molecule has 0 N–H and O–H groups in total. The summed E-state index contributed by atoms with van der Waals surface area (Å²) in [5.41, 5.74) is 0.474. The number of carbonyl (C=O) groups is 3. The van der Waals surface area contributed by atoms with Crippen molar-refractivity contribution >= 4 is 63.8 Å². The molecule has 3 rings (SSSR count). The van der Waals surface area contributed by atoms with E-state index in [0.29, 0.717) is 17.3 Å². The van der Waals surface area contributed by atoms with Crippen molar-refractivity contribution < 1.29 is 28.8 Å². The molecule has 1 aliphatic rings. The highest BCUT2D eigenvalue weighted by atomic mass is 35.5. The van der Waals surface area contributed by atoms with Crippen LogP contribution in [0.4, 0.5) is 10.5 Å². The van der Waals surface area contributed by atoms with Gasteiger partial charge >= 0.3 is 5.97 Å². The maximum Gasteiger partial charge on any atom is 0.344 e. The van der Waals surface area contributed by atoms with Crippen molar-refractivity contribution in [1.82, 2.24) is 4.90 Å². The molecule has 1 aliphatic heterocycles. The molecule has 2 aromatic carbocycles. The Hall–Kier alpha value is -3.08. The molecule has 33 heavy (non-hydrogen) atoms. The van der Waals surface area contributed by atoms with Crippen molar-refractivity contribution in [3.05, 3.63) is 72.6 Å². The summed E-state index contributed by atoms with van der Waals surface area (Å²) in [5, 5.41) is 10.8. The summed E-state index contributed by atoms with van der Waals surface area (Å²) >= 11 is 13.1. The van der Waals surface area contributed by atoms with Gasteiger partial charge in [-0.3, -0.25) is 24.6 Å². The maximum atomic E-state index is 12.8. The van der Waals surface area contributed by atoms with Gasteiger partial charge in [0, 0.05) is 11.6 Å². The van der Waals surface area contributed by atoms with Gasteiger partial charge in [0.1, 0.15) is 0 Å². The van der Waals surface area contributed by atoms with Crippen LogP contribution in [0.1, 0.15) is 18.1 Å². The van der Waals surface area contributed by atoms with Crippen LogP contribution in [0.25, 0.3) is 6.08 Å². The Labute approximate surface area is 202 Å². The van der Waals surface area contributed by atoms with E-state index in [0.717, 1.165) is 4.90 Å². The largest absolute Gasteiger partial charge is 0.479 e. The number of amides is 2. The molecule has 0 unspecified atom stereocenters. The van der Waals surface area contributed by atoms with Gasteiger partial charge in [0.15, 0.2) is 12.4 Å². The van der Waals surface area contributed by atoms with E-state index in [2.05, 4.69) is 0 Å². The Balaban J connectivity index is 1.79. The SMILES string of the molecule is CCOC(=O)COc1c(Cl)cc(C=C2SC(=O)N(Cc3ccccc3[N+](=O)[O-])C2=O)cc1Cl. The van der Waals surface area contributed by atoms with Gasteiger partial charge in [-0.25, -0.2) is 4.79 Å². The number of halogens is 2. The van der Waals surface area contributed by atoms with Crippen LogP contribution in [0, 0.1) is 10.1 Å². The first-order chi connectivity index (χ1) is 15.7. The third kappa shape index (κ3) is 5.84. The van der Waals surface area contributed by atoms with Gasteiger partial charge in [-0.05, 0) is 42.5 Å². The number of ether oxygens (including phenoxy) is 2. The van der Waals surface area contributed by atoms with Crippen LogP contribution in [-0.4, -0.2) is 40.2 Å². The van der Waals surface area contributed by atoms with E-state index in [-0.39, 0.29) is 51.7 Å². The lowest BCUT2D eigenvalue weighted by molar-refractivity contribution is -0.385. The van der Waals surface area contributed by atoms with Gasteiger partial charge in [-0.15, -0.1) is 0 Å². The molecule has 0 bridgehead atoms. The zero-order valence-electron chi connectivity index (χ0n) is 17.1. The first-order valence-electron chi connectivity index (χ1n) is 9.46. The van der Waals surface area contributed by atoms with Gasteiger partial charge < -0.3 is 9.47 Å². The number of nitro benzene ring substituents is 1. The van der Waals surface area contributed by atoms with Crippen LogP contribution in [0.5, 0.6) is 5.75 Å². The van der Waals surface area contributed by atoms with Crippen molar-refractivity contribution in [3.63, 3.8) is 0 Å². The number of hydrogen-bond acceptors (Lipinski definition) is 8. The first kappa shape index (κ1) is 24.6. The number of carbonyl (C=O) groups excluding carboxylic acids is 3. The maximum absolute atomic E-state index is 12.8. The number of nitrogens with zero attached hydrogens (tertiary/aromatic N) is 2. The quantitative estimate of drug-likeness (QED) is 0.209. The average Bonchev–Trinajstić information content (AvgIpc) is 3.01. The van der Waals surface area contributed by atoms with Crippen LogP contribution >= 0.6 is 35.0 Å². The second kappa shape index (κ2) is 10.7. The highest BCUT2D eigenvalue weighted by molar-refractivity contribution is 8.18. The fraction of sp³-hybridized carbons (Fsp3) is 0.190. The summed E-state index contributed by atoms with van der Waals surface area (Å²) in [6.07, 6.45) is 1.43. The predicted octanol–water partition coefficient (Wildman–Crippen LogP) is 5.08. The lowest BCUT2D eigenvalue weighted by atomic mass is 10.1. The highest BCUT2D eigenvalue weighted by Gasteiger charge is 2.36. The summed E-state index contributed by atoms with van der Waals surface area (Å²) in [5.74, 6) is -1.10. The number of hydrogen-bond donors (Lipinski definition) is 0. The molecule has 0 spiro atoms. The van der Waals surface area contributed by atoms with E-state index in [1.165, 1.54) is 36.4 Å². The molecule has 2 aromatic rings. The monoisotopic (exact) mass is 510 g/mol. The molecule has 0 aromatic heterocycles. The van der Waals surface area contributed by atoms with Crippen molar-refractivity contribution in [1.29, 1.82) is 0 Å². The Morgan fingerprint density at radius 2 is 1.88 bits per heavy atom. The van der Waals surface area contributed by atoms with E-state index in [9.17, 15) is 24.5 Å². The molecule has 1 fully saturated rings. The van der Waals surface area contributed by atoms with Crippen LogP contribution < -0.4 is 4.74 Å². The number of thioether (sulfide) groups is 1. The molecule has 0 atom stereocenters. The lowest BCUT2D eigenvalue weighted by Gasteiger charge is -2.12. The predicted molar refractivity (Wildman–Crippen MR) is 123 cm³/mol. The summed E-state index contributed by atoms with van der Waals surface area (Å²) in [6, 6.07) is 8.81. The molecule has 0 saturated carbocycles. The third-order valence-electron chi connectivity index (χ3n) is 4.35. The number of imide groups is 1. The topological polar surface area (TPSA) is 116 Å². The van der Waals surface area contributed by atoms with Gasteiger partial charge in [-0.1, -0.05) is 41.4 Å². The highest BCUT2D eigenvalue weighted by Crippen LogP contribution is 2.38. The van der Waals surface area contributed by atoms with Gasteiger partial charge in [0.2, 0.25) is 0 Å². The smallest absolute Gasteiger partial charge is 0.344 e. The van der Waals surface area contributed by atoms with E-state index >= 15 is 0 Å². The van der Waals surface area contributed by atoms with E-state index in [1.807, 2.05) is 0 Å². The van der Waals surface area contributed by atoms with Gasteiger partial charge in [0.05, 0.1) is 33.0 Å². The molecule has 172 valence electrons. The fourth-order valence-electron chi connectivity index (χ4n) is 2.92. The summed E-state index contributed by atoms with van der Waals surface area (Å²) in [4.78, 5) is 48.3. The molecule has 2 amide bonds. The van der Waals surface area contributed by atoms with Crippen LogP contribution in [0.2, 0.25) is 10.0 Å². The molecule has 12 heteroatoms. The minimum atomic E-state index is -0.599. The van der Waals surface area contributed by atoms with E-state index < -0.39 is 22.0 Å². The first-order valence-corrected chi connectivity index (χ1v) is 11.0. The zero-order chi connectivity index (χ0) is 24.1. The van der Waals surface area contributed by atoms with Crippen LogP contribution in [-0.2, 0) is 20.9 Å². The molecule has 1 heterocycles. The number of rotatable bonds is 8. The summed E-state index contributed by atoms with van der Waals surface area (Å²) in [7, 11) is 0. The van der Waals surface area contributed by atoms with Gasteiger partial charge in [0.25, 0.3) is 16.8 Å². The second-order valence-corrected chi connectivity index (χ2v) is 8.37. The fourth-order valence-corrected chi connectivity index (χ4v) is 4.37. The number of benzene rings is 2. The van der Waals surface area contributed by atoms with Crippen molar-refractivity contribution in [2.45, 2.75) is 13.5 Å². The molecular formula is C21H16Cl2N2O7S. The normalized spacial score (nSPS) is 14.6. The Morgan fingerprint density at radius 3 is 2.52 bits per heavy atom. The Morgan fingerprint density at radius 1 is 1.21 bits per heavy atom. The lowest BCUT2D eigenvalue weighted by Crippen LogP contribution is -2.27.